The standard InChI is InChI=1S/C13H14O2S2/c1-16-13(17-2)8-12(15)11(9-14)10-6-4-3-5-7-10/h3-9,14H,1-2H3/b11-9-. The zero-order valence-corrected chi connectivity index (χ0v) is 11.3. The molecule has 0 atom stereocenters. The highest BCUT2D eigenvalue weighted by Crippen LogP contribution is 2.25. The largest absolute Gasteiger partial charge is 0.515 e. The van der Waals surface area contributed by atoms with Crippen LogP contribution in [0.3, 0.4) is 0 Å². The normalized spacial score (nSPS) is 11.1. The summed E-state index contributed by atoms with van der Waals surface area (Å²) >= 11 is 3.03. The van der Waals surface area contributed by atoms with E-state index >= 15 is 0 Å². The number of carbonyl (C=O) groups excluding carboxylic acids is 1. The molecule has 1 N–H and O–H groups in total. The van der Waals surface area contributed by atoms with Crippen molar-refractivity contribution in [1.29, 1.82) is 0 Å². The summed E-state index contributed by atoms with van der Waals surface area (Å²) in [5, 5.41) is 9.18. The summed E-state index contributed by atoms with van der Waals surface area (Å²) in [5.41, 5.74) is 1.03. The van der Waals surface area contributed by atoms with Gasteiger partial charge >= 0.3 is 0 Å². The fourth-order valence-corrected chi connectivity index (χ4v) is 2.40. The van der Waals surface area contributed by atoms with Gasteiger partial charge in [-0.15, -0.1) is 23.5 Å². The van der Waals surface area contributed by atoms with Gasteiger partial charge in [0.2, 0.25) is 0 Å². The predicted molar refractivity (Wildman–Crippen MR) is 77.2 cm³/mol. The van der Waals surface area contributed by atoms with Crippen LogP contribution in [0.15, 0.2) is 46.9 Å². The Labute approximate surface area is 110 Å². The third kappa shape index (κ3) is 3.98. The highest BCUT2D eigenvalue weighted by Gasteiger charge is 2.10. The highest BCUT2D eigenvalue weighted by atomic mass is 32.2. The molecule has 1 rings (SSSR count). The van der Waals surface area contributed by atoms with Crippen molar-refractivity contribution in [2.75, 3.05) is 12.5 Å². The summed E-state index contributed by atoms with van der Waals surface area (Å²) in [5.74, 6) is -0.183. The molecular formula is C13H14O2S2. The van der Waals surface area contributed by atoms with Crippen LogP contribution in [-0.2, 0) is 4.79 Å². The SMILES string of the molecule is CSC(=CC(=O)/C(=C\O)c1ccccc1)SC. The van der Waals surface area contributed by atoms with E-state index in [0.29, 0.717) is 5.57 Å². The molecule has 1 aromatic rings. The van der Waals surface area contributed by atoms with Crippen LogP contribution in [0.1, 0.15) is 5.56 Å². The Hall–Kier alpha value is -1.13. The molecule has 0 amide bonds. The summed E-state index contributed by atoms with van der Waals surface area (Å²) in [6.07, 6.45) is 6.25. The lowest BCUT2D eigenvalue weighted by atomic mass is 10.0. The zero-order chi connectivity index (χ0) is 12.7. The van der Waals surface area contributed by atoms with Gasteiger partial charge in [-0.1, -0.05) is 30.3 Å². The van der Waals surface area contributed by atoms with Crippen LogP contribution >= 0.6 is 23.5 Å². The van der Waals surface area contributed by atoms with Crippen LogP contribution in [0, 0.1) is 0 Å². The molecule has 17 heavy (non-hydrogen) atoms. The molecule has 0 saturated heterocycles. The maximum Gasteiger partial charge on any atom is 0.191 e. The molecule has 2 nitrogen and oxygen atoms in total. The fraction of sp³-hybridized carbons (Fsp3) is 0.154. The summed E-state index contributed by atoms with van der Waals surface area (Å²) in [4.78, 5) is 12.0. The van der Waals surface area contributed by atoms with Crippen molar-refractivity contribution in [3.63, 3.8) is 0 Å². The maximum absolute atomic E-state index is 12.0. The van der Waals surface area contributed by atoms with Crippen molar-refractivity contribution < 1.29 is 9.90 Å². The van der Waals surface area contributed by atoms with Crippen molar-refractivity contribution in [2.45, 2.75) is 0 Å². The van der Waals surface area contributed by atoms with Gasteiger partial charge in [-0.05, 0) is 18.1 Å². The summed E-state index contributed by atoms with van der Waals surface area (Å²) in [6, 6.07) is 9.13. The van der Waals surface area contributed by atoms with Crippen LogP contribution in [0.2, 0.25) is 0 Å². The van der Waals surface area contributed by atoms with Crippen LogP contribution in [0.25, 0.3) is 5.57 Å². The first kappa shape index (κ1) is 13.9. The number of ketones is 1. The zero-order valence-electron chi connectivity index (χ0n) is 9.71. The number of thioether (sulfide) groups is 2. The number of allylic oxidation sites excluding steroid dienone is 2. The third-order valence-electron chi connectivity index (χ3n) is 2.13. The first-order chi connectivity index (χ1) is 8.22. The Morgan fingerprint density at radius 3 is 2.24 bits per heavy atom. The van der Waals surface area contributed by atoms with E-state index in [-0.39, 0.29) is 5.78 Å². The topological polar surface area (TPSA) is 37.3 Å². The molecule has 0 bridgehead atoms. The van der Waals surface area contributed by atoms with E-state index in [1.54, 1.807) is 18.2 Å². The molecule has 0 spiro atoms. The molecular weight excluding hydrogens is 252 g/mol. The molecule has 0 heterocycles. The molecule has 4 heteroatoms. The van der Waals surface area contributed by atoms with Crippen molar-refractivity contribution in [3.05, 3.63) is 52.5 Å². The minimum Gasteiger partial charge on any atom is -0.515 e. The Kier molecular flexibility index (Phi) is 5.94. The molecule has 0 aromatic heterocycles. The molecule has 0 aliphatic rings. The quantitative estimate of drug-likeness (QED) is 0.651. The van der Waals surface area contributed by atoms with Crippen molar-refractivity contribution in [2.24, 2.45) is 0 Å². The van der Waals surface area contributed by atoms with E-state index in [1.807, 2.05) is 30.7 Å². The second-order valence-electron chi connectivity index (χ2n) is 3.14. The molecule has 90 valence electrons. The minimum atomic E-state index is -0.183. The number of benzene rings is 1. The number of hydrogen-bond acceptors (Lipinski definition) is 4. The molecule has 1 aromatic carbocycles. The number of aliphatic hydroxyl groups is 1. The van der Waals surface area contributed by atoms with E-state index in [9.17, 15) is 9.90 Å². The van der Waals surface area contributed by atoms with Crippen molar-refractivity contribution in [1.82, 2.24) is 0 Å². The third-order valence-corrected chi connectivity index (χ3v) is 4.17. The number of hydrogen-bond donors (Lipinski definition) is 1. The molecule has 0 aliphatic carbocycles. The van der Waals surface area contributed by atoms with Gasteiger partial charge in [0.1, 0.15) is 0 Å². The first-order valence-electron chi connectivity index (χ1n) is 4.96. The van der Waals surface area contributed by atoms with Crippen LogP contribution in [0.5, 0.6) is 0 Å². The molecule has 0 fully saturated rings. The fourth-order valence-electron chi connectivity index (χ4n) is 1.28. The van der Waals surface area contributed by atoms with E-state index < -0.39 is 0 Å². The van der Waals surface area contributed by atoms with Crippen molar-refractivity contribution >= 4 is 34.9 Å². The second-order valence-corrected chi connectivity index (χ2v) is 5.10. The highest BCUT2D eigenvalue weighted by molar-refractivity contribution is 8.21. The van der Waals surface area contributed by atoms with Gasteiger partial charge in [0, 0.05) is 10.3 Å². The summed E-state index contributed by atoms with van der Waals surface area (Å²) in [7, 11) is 0. The lowest BCUT2D eigenvalue weighted by Gasteiger charge is -2.03. The van der Waals surface area contributed by atoms with Gasteiger partial charge in [0.25, 0.3) is 0 Å². The predicted octanol–water partition coefficient (Wildman–Crippen LogP) is 3.72. The molecule has 0 aliphatic heterocycles. The first-order valence-corrected chi connectivity index (χ1v) is 7.41. The van der Waals surface area contributed by atoms with Crippen LogP contribution in [0.4, 0.5) is 0 Å². The van der Waals surface area contributed by atoms with Gasteiger partial charge in [-0.25, -0.2) is 0 Å². The Bertz CT molecular complexity index is 430. The Balaban J connectivity index is 2.98. The summed E-state index contributed by atoms with van der Waals surface area (Å²) < 4.78 is 0.922. The van der Waals surface area contributed by atoms with E-state index in [1.165, 1.54) is 23.5 Å². The second kappa shape index (κ2) is 7.25. The van der Waals surface area contributed by atoms with Crippen LogP contribution < -0.4 is 0 Å². The Morgan fingerprint density at radius 2 is 1.76 bits per heavy atom. The molecule has 0 unspecified atom stereocenters. The lowest BCUT2D eigenvalue weighted by molar-refractivity contribution is -0.109. The van der Waals surface area contributed by atoms with Crippen molar-refractivity contribution in [3.8, 4) is 0 Å². The van der Waals surface area contributed by atoms with Gasteiger partial charge in [0.15, 0.2) is 5.78 Å². The van der Waals surface area contributed by atoms with E-state index in [4.69, 9.17) is 0 Å². The van der Waals surface area contributed by atoms with Crippen LogP contribution in [-0.4, -0.2) is 23.4 Å². The summed E-state index contributed by atoms with van der Waals surface area (Å²) in [6.45, 7) is 0. The number of rotatable bonds is 5. The van der Waals surface area contributed by atoms with Gasteiger partial charge in [0.05, 0.1) is 11.8 Å². The average Bonchev–Trinajstić information content (AvgIpc) is 2.38. The van der Waals surface area contributed by atoms with Gasteiger partial charge in [-0.2, -0.15) is 0 Å². The van der Waals surface area contributed by atoms with E-state index in [2.05, 4.69) is 0 Å². The van der Waals surface area contributed by atoms with Gasteiger partial charge < -0.3 is 5.11 Å². The minimum absolute atomic E-state index is 0.183. The lowest BCUT2D eigenvalue weighted by Crippen LogP contribution is -1.98. The smallest absolute Gasteiger partial charge is 0.191 e. The Morgan fingerprint density at radius 1 is 1.18 bits per heavy atom. The van der Waals surface area contributed by atoms with E-state index in [0.717, 1.165) is 16.1 Å². The molecule has 0 radical (unpaired) electrons. The maximum atomic E-state index is 12.0. The molecule has 0 saturated carbocycles. The monoisotopic (exact) mass is 266 g/mol. The average molecular weight is 266 g/mol. The number of carbonyl (C=O) groups is 1. The van der Waals surface area contributed by atoms with Gasteiger partial charge in [-0.3, -0.25) is 4.79 Å². The number of aliphatic hydroxyl groups excluding tert-OH is 1.